The number of aryl methyl sites for hydroxylation is 1. The topological polar surface area (TPSA) is 43.8 Å². The van der Waals surface area contributed by atoms with Crippen LogP contribution in [0.4, 0.5) is 0 Å². The van der Waals surface area contributed by atoms with Crippen LogP contribution in [-0.4, -0.2) is 15.5 Å². The molecule has 0 atom stereocenters. The van der Waals surface area contributed by atoms with Crippen molar-refractivity contribution < 1.29 is 0 Å². The molecule has 2 rings (SSSR count). The zero-order valence-electron chi connectivity index (χ0n) is 7.92. The molecule has 1 aromatic heterocycles. The van der Waals surface area contributed by atoms with Gasteiger partial charge >= 0.3 is 0 Å². The van der Waals surface area contributed by atoms with Crippen molar-refractivity contribution in [2.24, 2.45) is 5.73 Å². The van der Waals surface area contributed by atoms with Gasteiger partial charge in [-0.05, 0) is 19.1 Å². The van der Waals surface area contributed by atoms with Crippen LogP contribution in [0.15, 0.2) is 0 Å². The first kappa shape index (κ1) is 9.09. The maximum atomic E-state index is 5.66. The molecular weight excluding hydrogens is 182 g/mol. The summed E-state index contributed by atoms with van der Waals surface area (Å²) in [6, 6.07) is 0. The summed E-state index contributed by atoms with van der Waals surface area (Å²) in [6.45, 7) is 3.68. The molecular formula is C9H15N3S. The molecule has 0 radical (unpaired) electrons. The largest absolute Gasteiger partial charge is 0.325 e. The summed E-state index contributed by atoms with van der Waals surface area (Å²) in [7, 11) is 0. The molecule has 0 saturated carbocycles. The van der Waals surface area contributed by atoms with Crippen molar-refractivity contribution in [3.63, 3.8) is 0 Å². The predicted molar refractivity (Wildman–Crippen MR) is 55.7 cm³/mol. The van der Waals surface area contributed by atoms with Crippen LogP contribution in [0.1, 0.15) is 23.9 Å². The Morgan fingerprint density at radius 2 is 2.46 bits per heavy atom. The zero-order valence-corrected chi connectivity index (χ0v) is 8.73. The van der Waals surface area contributed by atoms with Crippen LogP contribution >= 0.6 is 11.8 Å². The molecule has 0 saturated heterocycles. The van der Waals surface area contributed by atoms with E-state index in [2.05, 4.69) is 16.7 Å². The number of thioether (sulfide) groups is 1. The Morgan fingerprint density at radius 3 is 3.15 bits per heavy atom. The van der Waals surface area contributed by atoms with Crippen molar-refractivity contribution in [2.75, 3.05) is 5.75 Å². The highest BCUT2D eigenvalue weighted by Crippen LogP contribution is 2.27. The van der Waals surface area contributed by atoms with E-state index in [1.165, 1.54) is 17.0 Å². The van der Waals surface area contributed by atoms with E-state index in [1.54, 1.807) is 0 Å². The Labute approximate surface area is 82.7 Å². The van der Waals surface area contributed by atoms with Crippen molar-refractivity contribution in [1.29, 1.82) is 0 Å². The number of hydrogen-bond acceptors (Lipinski definition) is 3. The van der Waals surface area contributed by atoms with E-state index >= 15 is 0 Å². The van der Waals surface area contributed by atoms with Gasteiger partial charge in [0.1, 0.15) is 0 Å². The van der Waals surface area contributed by atoms with Gasteiger partial charge in [0, 0.05) is 30.1 Å². The Bertz CT molecular complexity index is 278. The average Bonchev–Trinajstić information content (AvgIpc) is 2.56. The maximum Gasteiger partial charge on any atom is 0.0803 e. The van der Waals surface area contributed by atoms with Crippen molar-refractivity contribution in [3.05, 3.63) is 17.0 Å². The van der Waals surface area contributed by atoms with E-state index < -0.39 is 0 Å². The number of fused-ring (bicyclic) bond motifs is 1. The fourth-order valence-corrected chi connectivity index (χ4v) is 2.82. The van der Waals surface area contributed by atoms with Gasteiger partial charge in [-0.3, -0.25) is 4.68 Å². The Kier molecular flexibility index (Phi) is 2.60. The van der Waals surface area contributed by atoms with Crippen LogP contribution in [0.2, 0.25) is 0 Å². The summed E-state index contributed by atoms with van der Waals surface area (Å²) in [6.07, 6.45) is 1.15. The monoisotopic (exact) mass is 197 g/mol. The molecule has 4 heteroatoms. The smallest absolute Gasteiger partial charge is 0.0803 e. The molecule has 2 heterocycles. The van der Waals surface area contributed by atoms with Gasteiger partial charge in [0.05, 0.1) is 5.69 Å². The summed E-state index contributed by atoms with van der Waals surface area (Å²) in [4.78, 5) is 0. The lowest BCUT2D eigenvalue weighted by Crippen LogP contribution is -2.08. The van der Waals surface area contributed by atoms with Gasteiger partial charge in [0.2, 0.25) is 0 Å². The van der Waals surface area contributed by atoms with E-state index in [0.717, 1.165) is 24.4 Å². The highest BCUT2D eigenvalue weighted by atomic mass is 32.2. The van der Waals surface area contributed by atoms with E-state index in [9.17, 15) is 0 Å². The minimum absolute atomic E-state index is 0.579. The highest BCUT2D eigenvalue weighted by molar-refractivity contribution is 7.98. The second-order valence-corrected chi connectivity index (χ2v) is 4.30. The molecule has 0 amide bonds. The first-order chi connectivity index (χ1) is 6.36. The number of nitrogens with zero attached hydrogens (tertiary/aromatic N) is 2. The van der Waals surface area contributed by atoms with Crippen LogP contribution in [0.5, 0.6) is 0 Å². The molecule has 72 valence electrons. The molecule has 0 spiro atoms. The number of aromatic nitrogens is 2. The standard InChI is InChI=1S/C9H15N3S/c1-2-12-9-3-4-13-6-7(9)8(5-10)11-12/h2-6,10H2,1H3. The zero-order chi connectivity index (χ0) is 9.26. The summed E-state index contributed by atoms with van der Waals surface area (Å²) in [5, 5.41) is 4.51. The Morgan fingerprint density at radius 1 is 1.62 bits per heavy atom. The van der Waals surface area contributed by atoms with Crippen LogP contribution in [0.25, 0.3) is 0 Å². The van der Waals surface area contributed by atoms with Crippen molar-refractivity contribution in [2.45, 2.75) is 32.2 Å². The van der Waals surface area contributed by atoms with Gasteiger partial charge < -0.3 is 5.73 Å². The fourth-order valence-electron chi connectivity index (χ4n) is 1.80. The summed E-state index contributed by atoms with van der Waals surface area (Å²) >= 11 is 1.98. The van der Waals surface area contributed by atoms with Gasteiger partial charge in [-0.15, -0.1) is 0 Å². The van der Waals surface area contributed by atoms with Gasteiger partial charge in [-0.25, -0.2) is 0 Å². The second-order valence-electron chi connectivity index (χ2n) is 3.19. The van der Waals surface area contributed by atoms with Gasteiger partial charge in [0.15, 0.2) is 0 Å². The molecule has 1 aromatic rings. The maximum absolute atomic E-state index is 5.66. The molecule has 0 bridgehead atoms. The van der Waals surface area contributed by atoms with E-state index in [4.69, 9.17) is 5.73 Å². The van der Waals surface area contributed by atoms with Crippen LogP contribution in [0.3, 0.4) is 0 Å². The van der Waals surface area contributed by atoms with Crippen LogP contribution in [0, 0.1) is 0 Å². The molecule has 0 fully saturated rings. The second kappa shape index (κ2) is 3.72. The minimum atomic E-state index is 0.579. The fraction of sp³-hybridized carbons (Fsp3) is 0.667. The van der Waals surface area contributed by atoms with E-state index in [-0.39, 0.29) is 0 Å². The Balaban J connectivity index is 2.44. The number of nitrogens with two attached hydrogens (primary N) is 1. The molecule has 1 aliphatic heterocycles. The average molecular weight is 197 g/mol. The lowest BCUT2D eigenvalue weighted by atomic mass is 10.1. The molecule has 1 aliphatic rings. The molecule has 2 N–H and O–H groups in total. The number of hydrogen-bond donors (Lipinski definition) is 1. The van der Waals surface area contributed by atoms with Gasteiger partial charge in [-0.2, -0.15) is 16.9 Å². The minimum Gasteiger partial charge on any atom is -0.325 e. The van der Waals surface area contributed by atoms with Crippen molar-refractivity contribution >= 4 is 11.8 Å². The van der Waals surface area contributed by atoms with Crippen LogP contribution in [-0.2, 0) is 25.3 Å². The lowest BCUT2D eigenvalue weighted by molar-refractivity contribution is 0.616. The molecule has 0 aliphatic carbocycles. The van der Waals surface area contributed by atoms with Gasteiger partial charge in [0.25, 0.3) is 0 Å². The molecule has 3 nitrogen and oxygen atoms in total. The molecule has 13 heavy (non-hydrogen) atoms. The Hall–Kier alpha value is -0.480. The third-order valence-corrected chi connectivity index (χ3v) is 3.46. The van der Waals surface area contributed by atoms with Gasteiger partial charge in [-0.1, -0.05) is 0 Å². The van der Waals surface area contributed by atoms with E-state index in [0.29, 0.717) is 6.54 Å². The third-order valence-electron chi connectivity index (χ3n) is 2.47. The summed E-state index contributed by atoms with van der Waals surface area (Å²) in [5.74, 6) is 2.32. The predicted octanol–water partition coefficient (Wildman–Crippen LogP) is 1.15. The first-order valence-corrected chi connectivity index (χ1v) is 5.87. The SMILES string of the molecule is CCn1nc(CN)c2c1CCSC2. The molecule has 0 aromatic carbocycles. The summed E-state index contributed by atoms with van der Waals surface area (Å²) in [5.41, 5.74) is 9.58. The first-order valence-electron chi connectivity index (χ1n) is 4.72. The number of rotatable bonds is 2. The lowest BCUT2D eigenvalue weighted by Gasteiger charge is -2.12. The summed E-state index contributed by atoms with van der Waals surface area (Å²) < 4.78 is 2.11. The third kappa shape index (κ3) is 1.48. The highest BCUT2D eigenvalue weighted by Gasteiger charge is 2.18. The van der Waals surface area contributed by atoms with Crippen molar-refractivity contribution in [1.82, 2.24) is 9.78 Å². The normalized spacial score (nSPS) is 15.8. The van der Waals surface area contributed by atoms with E-state index in [1.807, 2.05) is 11.8 Å². The quantitative estimate of drug-likeness (QED) is 0.773. The molecule has 0 unspecified atom stereocenters. The van der Waals surface area contributed by atoms with Crippen molar-refractivity contribution in [3.8, 4) is 0 Å². The van der Waals surface area contributed by atoms with Crippen LogP contribution < -0.4 is 5.73 Å².